The summed E-state index contributed by atoms with van der Waals surface area (Å²) in [5.41, 5.74) is -0.551. The van der Waals surface area contributed by atoms with E-state index < -0.39 is 5.41 Å². The van der Waals surface area contributed by atoms with Crippen LogP contribution in [-0.4, -0.2) is 61.9 Å². The van der Waals surface area contributed by atoms with Crippen LogP contribution in [-0.2, 0) is 9.59 Å². The van der Waals surface area contributed by atoms with Crippen molar-refractivity contribution in [2.45, 2.75) is 53.5 Å². The molecule has 0 atom stereocenters. The van der Waals surface area contributed by atoms with Crippen LogP contribution in [0.1, 0.15) is 47.5 Å². The van der Waals surface area contributed by atoms with E-state index in [1.54, 1.807) is 7.05 Å². The van der Waals surface area contributed by atoms with Crippen LogP contribution in [0.15, 0.2) is 4.99 Å². The lowest BCUT2D eigenvalue weighted by molar-refractivity contribution is -0.135. The number of nitrogens with one attached hydrogen (secondary N) is 3. The van der Waals surface area contributed by atoms with Gasteiger partial charge >= 0.3 is 0 Å². The minimum atomic E-state index is -0.551. The van der Waals surface area contributed by atoms with E-state index in [1.807, 2.05) is 39.5 Å². The fourth-order valence-electron chi connectivity index (χ4n) is 2.81. The van der Waals surface area contributed by atoms with Crippen LogP contribution in [0.4, 0.5) is 0 Å². The van der Waals surface area contributed by atoms with E-state index in [2.05, 4.69) is 20.9 Å². The number of hydrogen-bond acceptors (Lipinski definition) is 3. The van der Waals surface area contributed by atoms with E-state index >= 15 is 0 Å². The molecule has 1 rings (SSSR count). The van der Waals surface area contributed by atoms with Crippen LogP contribution in [0.5, 0.6) is 0 Å². The third kappa shape index (κ3) is 6.55. The third-order valence-electron chi connectivity index (χ3n) is 4.46. The van der Waals surface area contributed by atoms with Crippen molar-refractivity contribution in [3.05, 3.63) is 0 Å². The van der Waals surface area contributed by atoms with Gasteiger partial charge in [0.15, 0.2) is 5.96 Å². The Morgan fingerprint density at radius 3 is 2.32 bits per heavy atom. The lowest BCUT2D eigenvalue weighted by atomic mass is 9.93. The molecule has 2 amide bonds. The van der Waals surface area contributed by atoms with Crippen molar-refractivity contribution >= 4 is 17.8 Å². The van der Waals surface area contributed by atoms with Gasteiger partial charge in [-0.25, -0.2) is 0 Å². The second-order valence-corrected chi connectivity index (χ2v) is 7.56. The minimum Gasteiger partial charge on any atom is -0.359 e. The molecule has 1 saturated heterocycles. The summed E-state index contributed by atoms with van der Waals surface area (Å²) in [5.74, 6) is 0.988. The average molecular weight is 354 g/mol. The lowest BCUT2D eigenvalue weighted by Gasteiger charge is -2.34. The smallest absolute Gasteiger partial charge is 0.227 e. The summed E-state index contributed by atoms with van der Waals surface area (Å²) >= 11 is 0. The lowest BCUT2D eigenvalue weighted by Crippen LogP contribution is -2.50. The highest BCUT2D eigenvalue weighted by Gasteiger charge is 2.27. The number of carbonyl (C=O) groups is 2. The molecule has 0 radical (unpaired) electrons. The molecule has 144 valence electrons. The number of aliphatic imine (C=N–C) groups is 1. The zero-order valence-electron chi connectivity index (χ0n) is 16.6. The number of likely N-dealkylation sites (tertiary alicyclic amines) is 1. The molecule has 0 aromatic heterocycles. The first-order chi connectivity index (χ1) is 11.7. The Morgan fingerprint density at radius 2 is 1.84 bits per heavy atom. The van der Waals surface area contributed by atoms with Crippen LogP contribution in [0.3, 0.4) is 0 Å². The largest absolute Gasteiger partial charge is 0.359 e. The van der Waals surface area contributed by atoms with Gasteiger partial charge in [-0.2, -0.15) is 0 Å². The molecular weight excluding hydrogens is 318 g/mol. The molecule has 0 aliphatic carbocycles. The first-order valence-electron chi connectivity index (χ1n) is 9.27. The maximum absolute atomic E-state index is 12.1. The number of hydrogen-bond donors (Lipinski definition) is 3. The molecule has 0 aromatic carbocycles. The van der Waals surface area contributed by atoms with Gasteiger partial charge in [0, 0.05) is 38.6 Å². The maximum Gasteiger partial charge on any atom is 0.227 e. The third-order valence-corrected chi connectivity index (χ3v) is 4.46. The normalized spacial score (nSPS) is 16.8. The predicted octanol–water partition coefficient (Wildman–Crippen LogP) is 0.961. The van der Waals surface area contributed by atoms with Crippen LogP contribution in [0.25, 0.3) is 0 Å². The highest BCUT2D eigenvalue weighted by Crippen LogP contribution is 2.16. The van der Waals surface area contributed by atoms with Gasteiger partial charge in [0.25, 0.3) is 0 Å². The van der Waals surface area contributed by atoms with E-state index in [1.165, 1.54) is 0 Å². The summed E-state index contributed by atoms with van der Waals surface area (Å²) in [6.45, 7) is 12.4. The van der Waals surface area contributed by atoms with E-state index in [9.17, 15) is 9.59 Å². The standard InChI is InChI=1S/C18H35N5O2/c1-7-20-17(21-12-18(4,5)16(25)19-6)22-14-8-10-23(11-9-14)15(24)13(2)3/h13-14H,7-12H2,1-6H3,(H,19,25)(H2,20,21,22). The molecule has 0 aromatic rings. The first-order valence-corrected chi connectivity index (χ1v) is 9.27. The molecule has 0 bridgehead atoms. The molecule has 0 unspecified atom stereocenters. The zero-order chi connectivity index (χ0) is 19.0. The number of guanidine groups is 1. The van der Waals surface area contributed by atoms with Crippen LogP contribution < -0.4 is 16.0 Å². The van der Waals surface area contributed by atoms with Gasteiger partial charge in [-0.3, -0.25) is 14.6 Å². The minimum absolute atomic E-state index is 0.0207. The van der Waals surface area contributed by atoms with E-state index in [-0.39, 0.29) is 23.8 Å². The van der Waals surface area contributed by atoms with E-state index in [0.717, 1.165) is 38.4 Å². The Balaban J connectivity index is 2.60. The van der Waals surface area contributed by atoms with Crippen molar-refractivity contribution in [3.63, 3.8) is 0 Å². The number of nitrogens with zero attached hydrogens (tertiary/aromatic N) is 2. The Morgan fingerprint density at radius 1 is 1.24 bits per heavy atom. The van der Waals surface area contributed by atoms with Crippen LogP contribution in [0, 0.1) is 11.3 Å². The second kappa shape index (κ2) is 9.63. The maximum atomic E-state index is 12.1. The van der Waals surface area contributed by atoms with Gasteiger partial charge in [-0.05, 0) is 33.6 Å². The fraction of sp³-hybridized carbons (Fsp3) is 0.833. The second-order valence-electron chi connectivity index (χ2n) is 7.56. The summed E-state index contributed by atoms with van der Waals surface area (Å²) in [4.78, 5) is 30.5. The van der Waals surface area contributed by atoms with Gasteiger partial charge in [-0.15, -0.1) is 0 Å². The Labute approximate surface area is 152 Å². The van der Waals surface area contributed by atoms with Gasteiger partial charge in [0.2, 0.25) is 11.8 Å². The van der Waals surface area contributed by atoms with Crippen molar-refractivity contribution in [3.8, 4) is 0 Å². The number of amides is 2. The summed E-state index contributed by atoms with van der Waals surface area (Å²) in [5, 5.41) is 9.36. The molecule has 1 aliphatic heterocycles. The van der Waals surface area contributed by atoms with Crippen molar-refractivity contribution in [1.82, 2.24) is 20.9 Å². The summed E-state index contributed by atoms with van der Waals surface area (Å²) in [6, 6.07) is 0.289. The first kappa shape index (κ1) is 21.3. The van der Waals surface area contributed by atoms with Crippen molar-refractivity contribution in [2.24, 2.45) is 16.3 Å². The number of carbonyl (C=O) groups excluding carboxylic acids is 2. The summed E-state index contributed by atoms with van der Waals surface area (Å²) in [7, 11) is 1.64. The highest BCUT2D eigenvalue weighted by molar-refractivity contribution is 5.83. The molecule has 7 heteroatoms. The van der Waals surface area contributed by atoms with Crippen molar-refractivity contribution in [1.29, 1.82) is 0 Å². The SMILES string of the molecule is CCNC(=NCC(C)(C)C(=O)NC)NC1CCN(C(=O)C(C)C)CC1. The van der Waals surface area contributed by atoms with Crippen LogP contribution >= 0.6 is 0 Å². The molecule has 1 heterocycles. The van der Waals surface area contributed by atoms with Gasteiger partial charge < -0.3 is 20.9 Å². The van der Waals surface area contributed by atoms with Crippen molar-refractivity contribution < 1.29 is 9.59 Å². The van der Waals surface area contributed by atoms with E-state index in [0.29, 0.717) is 6.54 Å². The van der Waals surface area contributed by atoms with Gasteiger partial charge in [0.1, 0.15) is 0 Å². The summed E-state index contributed by atoms with van der Waals surface area (Å²) in [6.07, 6.45) is 1.81. The molecule has 1 aliphatic rings. The monoisotopic (exact) mass is 353 g/mol. The Hall–Kier alpha value is -1.79. The number of piperidine rings is 1. The van der Waals surface area contributed by atoms with Crippen LogP contribution in [0.2, 0.25) is 0 Å². The fourth-order valence-corrected chi connectivity index (χ4v) is 2.81. The molecule has 25 heavy (non-hydrogen) atoms. The average Bonchev–Trinajstić information content (AvgIpc) is 2.59. The Bertz CT molecular complexity index is 480. The molecule has 0 saturated carbocycles. The quantitative estimate of drug-likeness (QED) is 0.490. The Kier molecular flexibility index (Phi) is 8.19. The molecule has 0 spiro atoms. The predicted molar refractivity (Wildman–Crippen MR) is 101 cm³/mol. The molecule has 3 N–H and O–H groups in total. The van der Waals surface area contributed by atoms with Gasteiger partial charge in [0.05, 0.1) is 12.0 Å². The summed E-state index contributed by atoms with van der Waals surface area (Å²) < 4.78 is 0. The van der Waals surface area contributed by atoms with E-state index in [4.69, 9.17) is 0 Å². The zero-order valence-corrected chi connectivity index (χ0v) is 16.6. The van der Waals surface area contributed by atoms with Crippen molar-refractivity contribution in [2.75, 3.05) is 33.2 Å². The van der Waals surface area contributed by atoms with Gasteiger partial charge in [-0.1, -0.05) is 13.8 Å². The topological polar surface area (TPSA) is 85.8 Å². The molecule has 7 nitrogen and oxygen atoms in total. The molecular formula is C18H35N5O2. The number of rotatable bonds is 6. The highest BCUT2D eigenvalue weighted by atomic mass is 16.2. The molecule has 1 fully saturated rings.